The maximum absolute atomic E-state index is 12.7. The lowest BCUT2D eigenvalue weighted by molar-refractivity contribution is -0.0743. The molecule has 2 heterocycles. The molecular weight excluding hydrogens is 340 g/mol. The number of hydrogen-bond acceptors (Lipinski definition) is 4. The third-order valence-electron chi connectivity index (χ3n) is 4.81. The Hall–Kier alpha value is -2.24. The second-order valence-electron chi connectivity index (χ2n) is 7.94. The maximum Gasteiger partial charge on any atom is 0.251 e. The number of pyridine rings is 1. The van der Waals surface area contributed by atoms with Crippen LogP contribution in [0.1, 0.15) is 48.8 Å². The van der Waals surface area contributed by atoms with Gasteiger partial charge in [0.15, 0.2) is 0 Å². The molecule has 2 atom stereocenters. The van der Waals surface area contributed by atoms with Gasteiger partial charge in [0.2, 0.25) is 0 Å². The van der Waals surface area contributed by atoms with Crippen LogP contribution in [-0.2, 0) is 21.5 Å². The van der Waals surface area contributed by atoms with Gasteiger partial charge in [-0.25, -0.2) is 0 Å². The molecule has 0 aliphatic carbocycles. The maximum atomic E-state index is 12.7. The second-order valence-corrected chi connectivity index (χ2v) is 7.94. The second kappa shape index (κ2) is 8.63. The van der Waals surface area contributed by atoms with Crippen molar-refractivity contribution in [3.63, 3.8) is 0 Å². The summed E-state index contributed by atoms with van der Waals surface area (Å²) in [6.45, 7) is 7.98. The summed E-state index contributed by atoms with van der Waals surface area (Å²) in [7, 11) is 0. The highest BCUT2D eigenvalue weighted by molar-refractivity contribution is 5.94. The molecular formula is C22H28N2O3. The molecule has 2 aromatic rings. The van der Waals surface area contributed by atoms with Gasteiger partial charge in [0.05, 0.1) is 24.9 Å². The van der Waals surface area contributed by atoms with Crippen molar-refractivity contribution in [3.05, 3.63) is 65.5 Å². The molecule has 1 aliphatic rings. The summed E-state index contributed by atoms with van der Waals surface area (Å²) in [6, 6.07) is 13.5. The summed E-state index contributed by atoms with van der Waals surface area (Å²) < 4.78 is 11.5. The molecule has 0 radical (unpaired) electrons. The monoisotopic (exact) mass is 368 g/mol. The highest BCUT2D eigenvalue weighted by atomic mass is 16.5. The quantitative estimate of drug-likeness (QED) is 0.878. The minimum atomic E-state index is -0.182. The topological polar surface area (TPSA) is 60.5 Å². The molecule has 1 amide bonds. The number of carbonyl (C=O) groups excluding carboxylic acids is 1. The SMILES string of the molecule is CC(C)(C)c1ccc(C(=O)NC2CCOCC2OCc2ccccn2)cc1. The molecule has 144 valence electrons. The summed E-state index contributed by atoms with van der Waals surface area (Å²) in [5.41, 5.74) is 2.81. The highest BCUT2D eigenvalue weighted by Gasteiger charge is 2.28. The van der Waals surface area contributed by atoms with Crippen molar-refractivity contribution < 1.29 is 14.3 Å². The van der Waals surface area contributed by atoms with Crippen molar-refractivity contribution in [1.82, 2.24) is 10.3 Å². The number of amides is 1. The summed E-state index contributed by atoms with van der Waals surface area (Å²) in [5, 5.41) is 3.12. The van der Waals surface area contributed by atoms with Crippen LogP contribution >= 0.6 is 0 Å². The molecule has 1 fully saturated rings. The van der Waals surface area contributed by atoms with E-state index >= 15 is 0 Å². The zero-order chi connectivity index (χ0) is 19.3. The first-order valence-electron chi connectivity index (χ1n) is 9.44. The lowest BCUT2D eigenvalue weighted by Crippen LogP contribution is -2.50. The Balaban J connectivity index is 1.60. The first kappa shape index (κ1) is 19.5. The number of carbonyl (C=O) groups is 1. The minimum absolute atomic E-state index is 0.0696. The molecule has 3 rings (SSSR count). The fourth-order valence-corrected chi connectivity index (χ4v) is 3.09. The van der Waals surface area contributed by atoms with E-state index in [1.54, 1.807) is 6.20 Å². The van der Waals surface area contributed by atoms with E-state index < -0.39 is 0 Å². The van der Waals surface area contributed by atoms with E-state index in [9.17, 15) is 4.79 Å². The number of nitrogens with one attached hydrogen (secondary N) is 1. The van der Waals surface area contributed by atoms with Crippen LogP contribution in [0.4, 0.5) is 0 Å². The summed E-state index contributed by atoms with van der Waals surface area (Å²) >= 11 is 0. The number of hydrogen-bond donors (Lipinski definition) is 1. The van der Waals surface area contributed by atoms with Crippen LogP contribution in [0.5, 0.6) is 0 Å². The first-order valence-corrected chi connectivity index (χ1v) is 9.44. The Labute approximate surface area is 161 Å². The van der Waals surface area contributed by atoms with Crippen molar-refractivity contribution in [2.45, 2.75) is 51.4 Å². The van der Waals surface area contributed by atoms with Gasteiger partial charge >= 0.3 is 0 Å². The molecule has 1 aliphatic heterocycles. The summed E-state index contributed by atoms with van der Waals surface area (Å²) in [6.07, 6.45) is 2.30. The van der Waals surface area contributed by atoms with Crippen molar-refractivity contribution >= 4 is 5.91 Å². The van der Waals surface area contributed by atoms with Gasteiger partial charge in [-0.1, -0.05) is 39.0 Å². The van der Waals surface area contributed by atoms with Gasteiger partial charge in [0, 0.05) is 18.4 Å². The molecule has 1 aromatic heterocycles. The van der Waals surface area contributed by atoms with Gasteiger partial charge in [-0.2, -0.15) is 0 Å². The third kappa shape index (κ3) is 5.37. The Morgan fingerprint density at radius 1 is 1.22 bits per heavy atom. The zero-order valence-corrected chi connectivity index (χ0v) is 16.3. The lowest BCUT2D eigenvalue weighted by atomic mass is 9.86. The third-order valence-corrected chi connectivity index (χ3v) is 4.81. The van der Waals surface area contributed by atoms with Crippen LogP contribution in [0.2, 0.25) is 0 Å². The van der Waals surface area contributed by atoms with Crippen molar-refractivity contribution in [1.29, 1.82) is 0 Å². The molecule has 0 bridgehead atoms. The van der Waals surface area contributed by atoms with Gasteiger partial charge in [0.1, 0.15) is 6.10 Å². The average molecular weight is 368 g/mol. The van der Waals surface area contributed by atoms with E-state index in [0.717, 1.165) is 12.1 Å². The molecule has 0 spiro atoms. The average Bonchev–Trinajstić information content (AvgIpc) is 2.67. The lowest BCUT2D eigenvalue weighted by Gasteiger charge is -2.32. The molecule has 5 heteroatoms. The normalized spacial score (nSPS) is 20.3. The molecule has 1 N–H and O–H groups in total. The van der Waals surface area contributed by atoms with E-state index in [-0.39, 0.29) is 23.5 Å². The Morgan fingerprint density at radius 3 is 2.67 bits per heavy atom. The molecule has 5 nitrogen and oxygen atoms in total. The van der Waals surface area contributed by atoms with Crippen LogP contribution in [0.3, 0.4) is 0 Å². The molecule has 0 saturated carbocycles. The van der Waals surface area contributed by atoms with Crippen molar-refractivity contribution in [2.75, 3.05) is 13.2 Å². The van der Waals surface area contributed by atoms with E-state index in [1.165, 1.54) is 5.56 Å². The van der Waals surface area contributed by atoms with Gasteiger partial charge < -0.3 is 14.8 Å². The zero-order valence-electron chi connectivity index (χ0n) is 16.3. The van der Waals surface area contributed by atoms with Gasteiger partial charge in [-0.05, 0) is 41.7 Å². The molecule has 1 saturated heterocycles. The molecule has 2 unspecified atom stereocenters. The van der Waals surface area contributed by atoms with Crippen LogP contribution in [0.25, 0.3) is 0 Å². The standard InChI is InChI=1S/C22H28N2O3/c1-22(2,3)17-9-7-16(8-10-17)21(25)24-19-11-13-26-15-20(19)27-14-18-6-4-5-12-23-18/h4-10,12,19-20H,11,13-15H2,1-3H3,(H,24,25). The van der Waals surface area contributed by atoms with E-state index in [4.69, 9.17) is 9.47 Å². The number of benzene rings is 1. The van der Waals surface area contributed by atoms with Crippen molar-refractivity contribution in [3.8, 4) is 0 Å². The van der Waals surface area contributed by atoms with E-state index in [0.29, 0.717) is 25.4 Å². The fraction of sp³-hybridized carbons (Fsp3) is 0.455. The van der Waals surface area contributed by atoms with Gasteiger partial charge in [0.25, 0.3) is 5.91 Å². The Morgan fingerprint density at radius 2 is 2.00 bits per heavy atom. The van der Waals surface area contributed by atoms with Crippen LogP contribution in [-0.4, -0.2) is 36.3 Å². The van der Waals surface area contributed by atoms with E-state index in [2.05, 4.69) is 31.1 Å². The number of aromatic nitrogens is 1. The molecule has 27 heavy (non-hydrogen) atoms. The van der Waals surface area contributed by atoms with Gasteiger partial charge in [-0.3, -0.25) is 9.78 Å². The summed E-state index contributed by atoms with van der Waals surface area (Å²) in [5.74, 6) is -0.0752. The highest BCUT2D eigenvalue weighted by Crippen LogP contribution is 2.22. The largest absolute Gasteiger partial charge is 0.379 e. The fourth-order valence-electron chi connectivity index (χ4n) is 3.09. The predicted molar refractivity (Wildman–Crippen MR) is 105 cm³/mol. The Bertz CT molecular complexity index is 738. The predicted octanol–water partition coefficient (Wildman–Crippen LogP) is 3.48. The van der Waals surface area contributed by atoms with Crippen LogP contribution in [0, 0.1) is 0 Å². The number of nitrogens with zero attached hydrogens (tertiary/aromatic N) is 1. The van der Waals surface area contributed by atoms with Crippen molar-refractivity contribution in [2.24, 2.45) is 0 Å². The smallest absolute Gasteiger partial charge is 0.251 e. The van der Waals surface area contributed by atoms with E-state index in [1.807, 2.05) is 42.5 Å². The number of ether oxygens (including phenoxy) is 2. The van der Waals surface area contributed by atoms with Crippen LogP contribution in [0.15, 0.2) is 48.7 Å². The molecule has 1 aromatic carbocycles. The summed E-state index contributed by atoms with van der Waals surface area (Å²) in [4.78, 5) is 16.9. The first-order chi connectivity index (χ1) is 12.9. The Kier molecular flexibility index (Phi) is 6.24. The van der Waals surface area contributed by atoms with Gasteiger partial charge in [-0.15, -0.1) is 0 Å². The number of rotatable bonds is 5. The minimum Gasteiger partial charge on any atom is -0.379 e. The van der Waals surface area contributed by atoms with Crippen LogP contribution < -0.4 is 5.32 Å².